The molecule has 0 bridgehead atoms. The largest absolute Gasteiger partial charge is 0.496 e. The van der Waals surface area contributed by atoms with E-state index in [2.05, 4.69) is 0 Å². The Morgan fingerprint density at radius 1 is 0.780 bits per heavy atom. The summed E-state index contributed by atoms with van der Waals surface area (Å²) >= 11 is 1.66. The average Bonchev–Trinajstić information content (AvgIpc) is 3.45. The molecule has 0 saturated carbocycles. The Hall–Kier alpha value is -5.16. The highest BCUT2D eigenvalue weighted by Crippen LogP contribution is 2.30. The zero-order valence-electron chi connectivity index (χ0n) is 22.7. The lowest BCUT2D eigenvalue weighted by molar-refractivity contribution is -0.384. The van der Waals surface area contributed by atoms with Crippen LogP contribution >= 0.6 is 11.3 Å². The number of hydrogen-bond acceptors (Lipinski definition) is 10. The van der Waals surface area contributed by atoms with Crippen molar-refractivity contribution >= 4 is 46.1 Å². The van der Waals surface area contributed by atoms with Gasteiger partial charge in [-0.05, 0) is 60.2 Å². The molecule has 1 aromatic heterocycles. The maximum atomic E-state index is 13.0. The lowest BCUT2D eigenvalue weighted by atomic mass is 10.1. The highest BCUT2D eigenvalue weighted by molar-refractivity contribution is 7.16. The van der Waals surface area contributed by atoms with Crippen LogP contribution in [0.25, 0.3) is 12.2 Å². The van der Waals surface area contributed by atoms with Gasteiger partial charge in [-0.25, -0.2) is 9.59 Å². The molecule has 4 rings (SSSR count). The van der Waals surface area contributed by atoms with Crippen LogP contribution in [-0.4, -0.2) is 45.2 Å². The summed E-state index contributed by atoms with van der Waals surface area (Å²) in [5.41, 5.74) is 1.00. The summed E-state index contributed by atoms with van der Waals surface area (Å²) < 4.78 is 21.6. The SMILES string of the molecule is COc1cc(/C=C/c2ccc(N(C)C)s2)ccc1C(=O)Oc1ccc(C(=O)Oc2ccc([N+](=O)[O-])cc2)c(OC)c1. The van der Waals surface area contributed by atoms with E-state index in [1.165, 1.54) is 56.7 Å². The zero-order chi connectivity index (χ0) is 29.5. The number of anilines is 1. The summed E-state index contributed by atoms with van der Waals surface area (Å²) in [6.45, 7) is 0. The van der Waals surface area contributed by atoms with Gasteiger partial charge in [0.15, 0.2) is 0 Å². The van der Waals surface area contributed by atoms with E-state index in [0.29, 0.717) is 5.75 Å². The van der Waals surface area contributed by atoms with Crippen LogP contribution in [0.3, 0.4) is 0 Å². The van der Waals surface area contributed by atoms with Gasteiger partial charge in [-0.2, -0.15) is 0 Å². The van der Waals surface area contributed by atoms with Gasteiger partial charge < -0.3 is 23.8 Å². The van der Waals surface area contributed by atoms with E-state index < -0.39 is 16.9 Å². The Bertz CT molecular complexity index is 1610. The van der Waals surface area contributed by atoms with Crippen LogP contribution < -0.4 is 23.8 Å². The number of rotatable bonds is 10. The van der Waals surface area contributed by atoms with Crippen LogP contribution in [0.5, 0.6) is 23.0 Å². The number of nitro benzene ring substituents is 1. The summed E-state index contributed by atoms with van der Waals surface area (Å²) in [5.74, 6) is -0.696. The molecule has 0 saturated heterocycles. The highest BCUT2D eigenvalue weighted by atomic mass is 32.1. The van der Waals surface area contributed by atoms with Gasteiger partial charge in [0.1, 0.15) is 34.1 Å². The highest BCUT2D eigenvalue weighted by Gasteiger charge is 2.19. The predicted octanol–water partition coefficient (Wildman–Crippen LogP) is 6.35. The standard InChI is InChI=1S/C30H26N2O8S/c1-31(2)28-16-13-23(41-28)12-5-19-6-14-24(26(17-19)37-3)30(34)40-22-11-15-25(27(18-22)38-4)29(33)39-21-9-7-20(8-10-21)32(35)36/h5-18H,1-4H3/b12-5+. The molecule has 0 fully saturated rings. The number of nitro groups is 1. The van der Waals surface area contributed by atoms with E-state index in [1.54, 1.807) is 29.5 Å². The average molecular weight is 575 g/mol. The molecule has 0 spiro atoms. The number of esters is 2. The molecule has 11 heteroatoms. The maximum absolute atomic E-state index is 13.0. The minimum Gasteiger partial charge on any atom is -0.496 e. The molecule has 10 nitrogen and oxygen atoms in total. The van der Waals surface area contributed by atoms with Crippen molar-refractivity contribution < 1.29 is 33.5 Å². The maximum Gasteiger partial charge on any atom is 0.347 e. The number of carbonyl (C=O) groups excluding carboxylic acids is 2. The first-order chi connectivity index (χ1) is 19.7. The third-order valence-corrected chi connectivity index (χ3v) is 7.02. The Morgan fingerprint density at radius 3 is 1.95 bits per heavy atom. The van der Waals surface area contributed by atoms with E-state index in [4.69, 9.17) is 18.9 Å². The molecule has 0 aliphatic rings. The molecule has 41 heavy (non-hydrogen) atoms. The Labute approximate surface area is 240 Å². The molecule has 210 valence electrons. The molecular weight excluding hydrogens is 548 g/mol. The second kappa shape index (κ2) is 12.8. The fourth-order valence-electron chi connectivity index (χ4n) is 3.69. The smallest absolute Gasteiger partial charge is 0.347 e. The van der Waals surface area contributed by atoms with Gasteiger partial charge in [-0.15, -0.1) is 11.3 Å². The number of ether oxygens (including phenoxy) is 4. The van der Waals surface area contributed by atoms with Crippen molar-refractivity contribution in [3.8, 4) is 23.0 Å². The lowest BCUT2D eigenvalue weighted by Crippen LogP contribution is -2.12. The molecular formula is C30H26N2O8S. The number of thiophene rings is 1. The van der Waals surface area contributed by atoms with Gasteiger partial charge in [0.25, 0.3) is 5.69 Å². The van der Waals surface area contributed by atoms with Gasteiger partial charge in [0, 0.05) is 37.2 Å². The Kier molecular flexibility index (Phi) is 9.00. The van der Waals surface area contributed by atoms with E-state index in [0.717, 1.165) is 15.4 Å². The minimum absolute atomic E-state index is 0.0721. The fraction of sp³-hybridized carbons (Fsp3) is 0.133. The predicted molar refractivity (Wildman–Crippen MR) is 157 cm³/mol. The molecule has 0 amide bonds. The summed E-state index contributed by atoms with van der Waals surface area (Å²) in [4.78, 5) is 39.1. The summed E-state index contributed by atoms with van der Waals surface area (Å²) in [6, 6.07) is 18.5. The second-order valence-corrected chi connectivity index (χ2v) is 9.85. The van der Waals surface area contributed by atoms with Crippen LogP contribution in [0.2, 0.25) is 0 Å². The van der Waals surface area contributed by atoms with E-state index in [-0.39, 0.29) is 34.1 Å². The van der Waals surface area contributed by atoms with Crippen molar-refractivity contribution in [1.82, 2.24) is 0 Å². The monoisotopic (exact) mass is 574 g/mol. The third-order valence-electron chi connectivity index (χ3n) is 5.80. The normalized spacial score (nSPS) is 10.7. The van der Waals surface area contributed by atoms with Crippen LogP contribution in [0.4, 0.5) is 10.7 Å². The van der Waals surface area contributed by atoms with Crippen molar-refractivity contribution in [2.24, 2.45) is 0 Å². The van der Waals surface area contributed by atoms with E-state index in [9.17, 15) is 19.7 Å². The number of hydrogen-bond donors (Lipinski definition) is 0. The number of carbonyl (C=O) groups is 2. The third kappa shape index (κ3) is 7.08. The number of methoxy groups -OCH3 is 2. The van der Waals surface area contributed by atoms with Crippen molar-refractivity contribution in [2.45, 2.75) is 0 Å². The number of non-ortho nitro benzene ring substituents is 1. The van der Waals surface area contributed by atoms with Gasteiger partial charge in [-0.1, -0.05) is 12.1 Å². The quantitative estimate of drug-likeness (QED) is 0.0924. The molecule has 0 atom stereocenters. The fourth-order valence-corrected chi connectivity index (χ4v) is 4.53. The second-order valence-electron chi connectivity index (χ2n) is 8.76. The van der Waals surface area contributed by atoms with Crippen LogP contribution in [0.15, 0.2) is 72.8 Å². The first-order valence-electron chi connectivity index (χ1n) is 12.2. The molecule has 0 unspecified atom stereocenters. The van der Waals surface area contributed by atoms with Crippen molar-refractivity contribution in [3.05, 3.63) is 104 Å². The van der Waals surface area contributed by atoms with Gasteiger partial charge >= 0.3 is 11.9 Å². The van der Waals surface area contributed by atoms with Crippen LogP contribution in [-0.2, 0) is 0 Å². The molecule has 0 radical (unpaired) electrons. The van der Waals surface area contributed by atoms with Crippen LogP contribution in [0, 0.1) is 10.1 Å². The minimum atomic E-state index is -0.751. The molecule has 0 aliphatic heterocycles. The van der Waals surface area contributed by atoms with Crippen molar-refractivity contribution in [3.63, 3.8) is 0 Å². The summed E-state index contributed by atoms with van der Waals surface area (Å²) in [5, 5.41) is 12.0. The topological polar surface area (TPSA) is 117 Å². The van der Waals surface area contributed by atoms with Crippen molar-refractivity contribution in [1.29, 1.82) is 0 Å². The molecule has 0 N–H and O–H groups in total. The molecule has 4 aromatic rings. The first kappa shape index (κ1) is 28.8. The van der Waals surface area contributed by atoms with Gasteiger partial charge in [0.2, 0.25) is 0 Å². The molecule has 1 heterocycles. The van der Waals surface area contributed by atoms with Gasteiger partial charge in [-0.3, -0.25) is 10.1 Å². The van der Waals surface area contributed by atoms with Crippen molar-refractivity contribution in [2.75, 3.05) is 33.2 Å². The zero-order valence-corrected chi connectivity index (χ0v) is 23.5. The van der Waals surface area contributed by atoms with E-state index in [1.807, 2.05) is 43.3 Å². The number of benzene rings is 3. The van der Waals surface area contributed by atoms with E-state index >= 15 is 0 Å². The Balaban J connectivity index is 1.46. The molecule has 3 aromatic carbocycles. The van der Waals surface area contributed by atoms with Crippen LogP contribution in [0.1, 0.15) is 31.2 Å². The molecule has 0 aliphatic carbocycles. The number of nitrogens with zero attached hydrogens (tertiary/aromatic N) is 2. The summed E-state index contributed by atoms with van der Waals surface area (Å²) in [7, 11) is 6.81. The summed E-state index contributed by atoms with van der Waals surface area (Å²) in [6.07, 6.45) is 3.92. The van der Waals surface area contributed by atoms with Gasteiger partial charge in [0.05, 0.1) is 24.1 Å². The first-order valence-corrected chi connectivity index (χ1v) is 13.0. The lowest BCUT2D eigenvalue weighted by Gasteiger charge is -2.12. The Morgan fingerprint density at radius 2 is 1.37 bits per heavy atom.